The van der Waals surface area contributed by atoms with Gasteiger partial charge in [-0.2, -0.15) is 0 Å². The molecule has 2 fully saturated rings. The Morgan fingerprint density at radius 1 is 0.975 bits per heavy atom. The Balaban J connectivity index is 1.41. The van der Waals surface area contributed by atoms with E-state index in [0.717, 1.165) is 50.2 Å². The number of hydrogen-bond donors (Lipinski definition) is 1. The van der Waals surface area contributed by atoms with Gasteiger partial charge in [-0.1, -0.05) is 25.0 Å². The average Bonchev–Trinajstić information content (AvgIpc) is 3.67. The van der Waals surface area contributed by atoms with Crippen LogP contribution >= 0.6 is 0 Å². The second-order valence-electron chi connectivity index (χ2n) is 10.9. The molecule has 1 aliphatic carbocycles. The molecule has 3 heterocycles. The van der Waals surface area contributed by atoms with Gasteiger partial charge in [0.15, 0.2) is 17.3 Å². The van der Waals surface area contributed by atoms with Gasteiger partial charge in [-0.15, -0.1) is 5.10 Å². The number of piperazine rings is 1. The number of nitrogens with zero attached hydrogens (tertiary/aromatic N) is 6. The van der Waals surface area contributed by atoms with E-state index in [0.29, 0.717) is 22.6 Å². The smallest absolute Gasteiger partial charge is 0.253 e. The number of aromatic nitrogens is 5. The van der Waals surface area contributed by atoms with Crippen molar-refractivity contribution in [1.29, 1.82) is 0 Å². The molecule has 2 aliphatic rings. The fraction of sp³-hybridized carbons (Fsp3) is 0.467. The number of ether oxygens (including phenoxy) is 2. The first-order valence-corrected chi connectivity index (χ1v) is 14.1. The van der Waals surface area contributed by atoms with Crippen molar-refractivity contribution in [3.8, 4) is 11.5 Å². The van der Waals surface area contributed by atoms with Crippen LogP contribution in [0.5, 0.6) is 11.5 Å². The molecular formula is C30H37N7O3. The van der Waals surface area contributed by atoms with E-state index in [1.807, 2.05) is 16.8 Å². The fourth-order valence-corrected chi connectivity index (χ4v) is 6.34. The van der Waals surface area contributed by atoms with Gasteiger partial charge in [-0.3, -0.25) is 9.69 Å². The molecule has 1 saturated heterocycles. The predicted octanol–water partition coefficient (Wildman–Crippen LogP) is 4.18. The van der Waals surface area contributed by atoms with Crippen molar-refractivity contribution in [3.63, 3.8) is 0 Å². The predicted molar refractivity (Wildman–Crippen MR) is 155 cm³/mol. The van der Waals surface area contributed by atoms with Crippen molar-refractivity contribution < 1.29 is 9.47 Å². The zero-order valence-electron chi connectivity index (χ0n) is 23.7. The molecule has 1 saturated carbocycles. The van der Waals surface area contributed by atoms with Crippen LogP contribution < -0.4 is 19.9 Å². The first-order chi connectivity index (χ1) is 19.5. The topological polar surface area (TPSA) is 101 Å². The lowest BCUT2D eigenvalue weighted by molar-refractivity contribution is 0.196. The highest BCUT2D eigenvalue weighted by atomic mass is 16.5. The minimum atomic E-state index is -0.377. The van der Waals surface area contributed by atoms with Crippen LogP contribution in [0.15, 0.2) is 41.2 Å². The number of aromatic amines is 1. The van der Waals surface area contributed by atoms with Crippen molar-refractivity contribution in [1.82, 2.24) is 30.1 Å². The van der Waals surface area contributed by atoms with Gasteiger partial charge in [0.1, 0.15) is 6.04 Å². The second kappa shape index (κ2) is 10.9. The summed E-state index contributed by atoms with van der Waals surface area (Å²) >= 11 is 0. The van der Waals surface area contributed by atoms with Crippen LogP contribution in [0.2, 0.25) is 0 Å². The number of pyridine rings is 1. The molecule has 0 unspecified atom stereocenters. The number of aryl methyl sites for hydroxylation is 1. The van der Waals surface area contributed by atoms with Crippen molar-refractivity contribution in [2.45, 2.75) is 51.6 Å². The monoisotopic (exact) mass is 543 g/mol. The highest BCUT2D eigenvalue weighted by Gasteiger charge is 2.35. The van der Waals surface area contributed by atoms with Gasteiger partial charge < -0.3 is 19.4 Å². The van der Waals surface area contributed by atoms with Crippen molar-refractivity contribution >= 4 is 16.6 Å². The summed E-state index contributed by atoms with van der Waals surface area (Å²) in [5, 5.41) is 14.0. The molecule has 1 atom stereocenters. The highest BCUT2D eigenvalue weighted by molar-refractivity contribution is 5.83. The maximum absolute atomic E-state index is 13.7. The van der Waals surface area contributed by atoms with Crippen LogP contribution in [-0.2, 0) is 0 Å². The molecule has 2 aromatic carbocycles. The van der Waals surface area contributed by atoms with Gasteiger partial charge in [0.05, 0.1) is 25.8 Å². The number of rotatable bonds is 7. The van der Waals surface area contributed by atoms with Crippen molar-refractivity contribution in [2.75, 3.05) is 45.3 Å². The normalized spacial score (nSPS) is 17.4. The van der Waals surface area contributed by atoms with E-state index >= 15 is 0 Å². The van der Waals surface area contributed by atoms with E-state index in [1.54, 1.807) is 20.3 Å². The molecule has 10 nitrogen and oxygen atoms in total. The van der Waals surface area contributed by atoms with Crippen LogP contribution in [0, 0.1) is 13.8 Å². The highest BCUT2D eigenvalue weighted by Crippen LogP contribution is 2.36. The molecule has 0 amide bonds. The van der Waals surface area contributed by atoms with Gasteiger partial charge in [-0.25, -0.2) is 4.68 Å². The van der Waals surface area contributed by atoms with Gasteiger partial charge in [-0.05, 0) is 66.4 Å². The third-order valence-corrected chi connectivity index (χ3v) is 8.70. The Kier molecular flexibility index (Phi) is 7.18. The number of H-pyrrole nitrogens is 1. The zero-order chi connectivity index (χ0) is 27.8. The largest absolute Gasteiger partial charge is 0.493 e. The van der Waals surface area contributed by atoms with E-state index < -0.39 is 0 Å². The third-order valence-electron chi connectivity index (χ3n) is 8.70. The van der Waals surface area contributed by atoms with Gasteiger partial charge in [0.25, 0.3) is 5.56 Å². The zero-order valence-corrected chi connectivity index (χ0v) is 23.7. The lowest BCUT2D eigenvalue weighted by Gasteiger charge is -2.40. The first-order valence-electron chi connectivity index (χ1n) is 14.1. The fourth-order valence-electron chi connectivity index (χ4n) is 6.34. The van der Waals surface area contributed by atoms with E-state index in [4.69, 9.17) is 9.47 Å². The summed E-state index contributed by atoms with van der Waals surface area (Å²) in [4.78, 5) is 21.6. The molecule has 10 heteroatoms. The third kappa shape index (κ3) is 4.70. The molecular weight excluding hydrogens is 506 g/mol. The quantitative estimate of drug-likeness (QED) is 0.371. The lowest BCUT2D eigenvalue weighted by Crippen LogP contribution is -2.49. The minimum Gasteiger partial charge on any atom is -0.493 e. The molecule has 6 rings (SSSR count). The Morgan fingerprint density at radius 2 is 1.70 bits per heavy atom. The molecule has 1 aliphatic heterocycles. The Hall–Kier alpha value is -3.92. The van der Waals surface area contributed by atoms with Crippen LogP contribution in [0.4, 0.5) is 5.69 Å². The molecule has 0 spiro atoms. The summed E-state index contributed by atoms with van der Waals surface area (Å²) in [6.45, 7) is 7.60. The van der Waals surface area contributed by atoms with E-state index in [2.05, 4.69) is 62.4 Å². The summed E-state index contributed by atoms with van der Waals surface area (Å²) in [6, 6.07) is 12.0. The minimum absolute atomic E-state index is 0.150. The molecule has 2 aromatic heterocycles. The number of tetrazole rings is 1. The van der Waals surface area contributed by atoms with Crippen LogP contribution in [0.3, 0.4) is 0 Å². The van der Waals surface area contributed by atoms with Crippen molar-refractivity contribution in [2.24, 2.45) is 0 Å². The Labute approximate surface area is 233 Å². The Bertz CT molecular complexity index is 1570. The second-order valence-corrected chi connectivity index (χ2v) is 10.9. The summed E-state index contributed by atoms with van der Waals surface area (Å²) in [5.41, 5.74) is 5.06. The molecule has 0 bridgehead atoms. The Morgan fingerprint density at radius 3 is 2.42 bits per heavy atom. The number of hydrogen-bond acceptors (Lipinski definition) is 8. The summed E-state index contributed by atoms with van der Waals surface area (Å²) in [6.07, 6.45) is 4.44. The summed E-state index contributed by atoms with van der Waals surface area (Å²) in [5.74, 6) is 1.92. The number of anilines is 1. The lowest BCUT2D eigenvalue weighted by atomic mass is 10.0. The molecule has 4 aromatic rings. The number of benzene rings is 2. The molecule has 210 valence electrons. The molecule has 40 heavy (non-hydrogen) atoms. The van der Waals surface area contributed by atoms with E-state index in [9.17, 15) is 4.79 Å². The van der Waals surface area contributed by atoms with Crippen LogP contribution in [0.1, 0.15) is 60.3 Å². The number of nitrogens with one attached hydrogen (secondary N) is 1. The van der Waals surface area contributed by atoms with E-state index in [-0.39, 0.29) is 17.6 Å². The van der Waals surface area contributed by atoms with Gasteiger partial charge in [0, 0.05) is 48.9 Å². The summed E-state index contributed by atoms with van der Waals surface area (Å²) < 4.78 is 13.0. The van der Waals surface area contributed by atoms with Crippen molar-refractivity contribution in [3.05, 3.63) is 69.3 Å². The number of methoxy groups -OCH3 is 2. The molecule has 1 N–H and O–H groups in total. The average molecular weight is 544 g/mol. The maximum Gasteiger partial charge on any atom is 0.253 e. The summed E-state index contributed by atoms with van der Waals surface area (Å²) in [7, 11) is 3.21. The van der Waals surface area contributed by atoms with Crippen LogP contribution in [-0.4, -0.2) is 70.5 Å². The SMILES string of the molecule is COc1cc2cc([C@@H](c3nnnn3C3CCCC3)N3CCN(c4cccc(C)c4C)CC3)c(=O)[nH]c2cc1OC. The standard InChI is InChI=1S/C30H37N7O3/c1-19-8-7-11-25(20(19)2)35-12-14-36(15-13-35)28(29-32-33-34-37(29)22-9-5-6-10-22)23-16-21-17-26(39-3)27(40-4)18-24(21)31-30(23)38/h7-8,11,16-18,22,28H,5-6,9-10,12-15H2,1-4H3,(H,31,38)/t28-/m0/s1. The molecule has 0 radical (unpaired) electrons. The van der Waals surface area contributed by atoms with Crippen LogP contribution in [0.25, 0.3) is 10.9 Å². The van der Waals surface area contributed by atoms with E-state index in [1.165, 1.54) is 29.7 Å². The maximum atomic E-state index is 13.7. The first kappa shape index (κ1) is 26.3. The van der Waals surface area contributed by atoms with Gasteiger partial charge >= 0.3 is 0 Å². The van der Waals surface area contributed by atoms with Gasteiger partial charge in [0.2, 0.25) is 0 Å². The number of fused-ring (bicyclic) bond motifs is 1.